The number of aromatic nitrogens is 2. The Morgan fingerprint density at radius 1 is 1.09 bits per heavy atom. The number of nitrogens with two attached hydrogens (primary N) is 1. The molecular weight excluding hydrogens is 277 g/mol. The van der Waals surface area contributed by atoms with E-state index < -0.39 is 0 Å². The van der Waals surface area contributed by atoms with Crippen LogP contribution >= 0.6 is 0 Å². The second-order valence-electron chi connectivity index (χ2n) is 5.46. The van der Waals surface area contributed by atoms with E-state index in [-0.39, 0.29) is 5.82 Å². The van der Waals surface area contributed by atoms with Gasteiger partial charge in [0.25, 0.3) is 0 Å². The van der Waals surface area contributed by atoms with Gasteiger partial charge in [0.1, 0.15) is 11.3 Å². The van der Waals surface area contributed by atoms with Gasteiger partial charge in [-0.15, -0.1) is 0 Å². The van der Waals surface area contributed by atoms with E-state index in [2.05, 4.69) is 41.4 Å². The van der Waals surface area contributed by atoms with E-state index in [0.717, 1.165) is 16.5 Å². The van der Waals surface area contributed by atoms with Gasteiger partial charge in [0, 0.05) is 0 Å². The number of fused-ring (bicyclic) bond motifs is 2. The van der Waals surface area contributed by atoms with Crippen molar-refractivity contribution in [3.63, 3.8) is 0 Å². The highest BCUT2D eigenvalue weighted by Gasteiger charge is 2.13. The highest BCUT2D eigenvalue weighted by molar-refractivity contribution is 6.03. The number of anilines is 1. The van der Waals surface area contributed by atoms with Gasteiger partial charge >= 0.3 is 0 Å². The lowest BCUT2D eigenvalue weighted by atomic mass is 9.97. The van der Waals surface area contributed by atoms with E-state index in [1.165, 1.54) is 17.0 Å². The maximum Gasteiger partial charge on any atom is 0.153 e. The van der Waals surface area contributed by atoms with Crippen LogP contribution in [0.3, 0.4) is 0 Å². The molecular formula is C18H14FN3. The average Bonchev–Trinajstić information content (AvgIpc) is 2.91. The van der Waals surface area contributed by atoms with Crippen LogP contribution in [-0.4, -0.2) is 10.2 Å². The Morgan fingerprint density at radius 2 is 1.95 bits per heavy atom. The Labute approximate surface area is 126 Å². The molecule has 0 aliphatic rings. The molecule has 108 valence electrons. The van der Waals surface area contributed by atoms with Gasteiger partial charge < -0.3 is 5.73 Å². The van der Waals surface area contributed by atoms with Gasteiger partial charge in [-0.2, -0.15) is 5.10 Å². The third kappa shape index (κ3) is 1.77. The van der Waals surface area contributed by atoms with Gasteiger partial charge in [0.15, 0.2) is 5.82 Å². The smallest absolute Gasteiger partial charge is 0.153 e. The number of benzene rings is 3. The monoisotopic (exact) mass is 291 g/mol. The lowest BCUT2D eigenvalue weighted by Crippen LogP contribution is -1.88. The summed E-state index contributed by atoms with van der Waals surface area (Å²) in [5.41, 5.74) is 9.37. The summed E-state index contributed by atoms with van der Waals surface area (Å²) in [5, 5.41) is 9.59. The van der Waals surface area contributed by atoms with Gasteiger partial charge in [-0.1, -0.05) is 36.4 Å². The Morgan fingerprint density at radius 3 is 2.82 bits per heavy atom. The fraction of sp³-hybridized carbons (Fsp3) is 0.0556. The molecule has 4 rings (SSSR count). The summed E-state index contributed by atoms with van der Waals surface area (Å²) in [6.07, 6.45) is 0. The zero-order valence-electron chi connectivity index (χ0n) is 12.0. The molecule has 0 unspecified atom stereocenters. The molecule has 4 heteroatoms. The van der Waals surface area contributed by atoms with Crippen molar-refractivity contribution in [3.8, 4) is 11.1 Å². The zero-order chi connectivity index (χ0) is 15.3. The van der Waals surface area contributed by atoms with Crippen LogP contribution in [0.2, 0.25) is 0 Å². The summed E-state index contributed by atoms with van der Waals surface area (Å²) in [6.45, 7) is 2.09. The Bertz CT molecular complexity index is 1020. The van der Waals surface area contributed by atoms with Crippen LogP contribution in [0.1, 0.15) is 5.56 Å². The Balaban J connectivity index is 2.03. The fourth-order valence-corrected chi connectivity index (χ4v) is 2.98. The first-order chi connectivity index (χ1) is 10.6. The van der Waals surface area contributed by atoms with E-state index in [4.69, 9.17) is 5.73 Å². The highest BCUT2D eigenvalue weighted by atomic mass is 19.1. The van der Waals surface area contributed by atoms with Crippen molar-refractivity contribution in [2.45, 2.75) is 6.92 Å². The van der Waals surface area contributed by atoms with Crippen LogP contribution in [0.25, 0.3) is 32.8 Å². The second-order valence-corrected chi connectivity index (χ2v) is 5.46. The summed E-state index contributed by atoms with van der Waals surface area (Å²) in [7, 11) is 0. The van der Waals surface area contributed by atoms with Crippen molar-refractivity contribution < 1.29 is 4.39 Å². The normalized spacial score (nSPS) is 11.4. The number of rotatable bonds is 1. The minimum absolute atomic E-state index is 0.314. The van der Waals surface area contributed by atoms with Crippen molar-refractivity contribution in [1.82, 2.24) is 10.2 Å². The molecule has 3 N–H and O–H groups in total. The van der Waals surface area contributed by atoms with Gasteiger partial charge in [-0.3, -0.25) is 5.10 Å². The molecule has 0 atom stereocenters. The average molecular weight is 291 g/mol. The minimum Gasteiger partial charge on any atom is -0.382 e. The lowest BCUT2D eigenvalue weighted by Gasteiger charge is -2.08. The summed E-state index contributed by atoms with van der Waals surface area (Å²) >= 11 is 0. The molecule has 1 heterocycles. The molecule has 0 fully saturated rings. The lowest BCUT2D eigenvalue weighted by molar-refractivity contribution is 0.636. The number of halogens is 1. The number of hydrogen-bond donors (Lipinski definition) is 2. The summed E-state index contributed by atoms with van der Waals surface area (Å²) in [6, 6.07) is 15.6. The SMILES string of the molecule is Cc1cccc2cc(-c3ccc(F)c4[nH]nc(N)c34)ccc12. The standard InChI is InChI=1S/C18H14FN3/c1-10-3-2-4-11-9-12(5-6-13(10)11)14-7-8-15(19)17-16(14)18(20)22-21-17/h2-9H,1H3,(H3,20,21,22). The molecule has 3 nitrogen and oxygen atoms in total. The largest absolute Gasteiger partial charge is 0.382 e. The molecule has 0 radical (unpaired) electrons. The van der Waals surface area contributed by atoms with E-state index in [1.807, 2.05) is 12.1 Å². The van der Waals surface area contributed by atoms with Gasteiger partial charge in [0.05, 0.1) is 5.39 Å². The molecule has 3 aromatic carbocycles. The third-order valence-corrected chi connectivity index (χ3v) is 4.11. The summed E-state index contributed by atoms with van der Waals surface area (Å²) in [5.74, 6) is -0.0339. The number of nitrogens with one attached hydrogen (secondary N) is 1. The maximum atomic E-state index is 13.9. The molecule has 0 amide bonds. The summed E-state index contributed by atoms with van der Waals surface area (Å²) < 4.78 is 13.9. The molecule has 1 aromatic heterocycles. The number of aryl methyl sites for hydroxylation is 1. The van der Waals surface area contributed by atoms with Crippen molar-refractivity contribution >= 4 is 27.5 Å². The van der Waals surface area contributed by atoms with Crippen molar-refractivity contribution in [2.75, 3.05) is 5.73 Å². The van der Waals surface area contributed by atoms with Crippen LogP contribution in [0.5, 0.6) is 0 Å². The summed E-state index contributed by atoms with van der Waals surface area (Å²) in [4.78, 5) is 0. The van der Waals surface area contributed by atoms with Crippen LogP contribution in [0, 0.1) is 12.7 Å². The molecule has 0 saturated heterocycles. The number of hydrogen-bond acceptors (Lipinski definition) is 2. The van der Waals surface area contributed by atoms with Crippen molar-refractivity contribution in [1.29, 1.82) is 0 Å². The first kappa shape index (κ1) is 12.8. The number of H-pyrrole nitrogens is 1. The van der Waals surface area contributed by atoms with Crippen LogP contribution in [0.15, 0.2) is 48.5 Å². The number of nitrogen functional groups attached to an aromatic ring is 1. The van der Waals surface area contributed by atoms with Gasteiger partial charge in [-0.05, 0) is 46.5 Å². The molecule has 0 aliphatic heterocycles. The predicted molar refractivity (Wildman–Crippen MR) is 88.1 cm³/mol. The van der Waals surface area contributed by atoms with Crippen molar-refractivity contribution in [3.05, 3.63) is 59.9 Å². The van der Waals surface area contributed by atoms with Crippen molar-refractivity contribution in [2.24, 2.45) is 0 Å². The molecule has 0 saturated carbocycles. The topological polar surface area (TPSA) is 54.7 Å². The van der Waals surface area contributed by atoms with Crippen LogP contribution in [-0.2, 0) is 0 Å². The van der Waals surface area contributed by atoms with E-state index in [1.54, 1.807) is 6.07 Å². The molecule has 0 bridgehead atoms. The number of aromatic amines is 1. The third-order valence-electron chi connectivity index (χ3n) is 4.11. The Kier molecular flexibility index (Phi) is 2.66. The predicted octanol–water partition coefficient (Wildman–Crippen LogP) is 4.41. The quantitative estimate of drug-likeness (QED) is 0.545. The molecule has 0 aliphatic carbocycles. The molecule has 0 spiro atoms. The molecule has 22 heavy (non-hydrogen) atoms. The van der Waals surface area contributed by atoms with E-state index in [0.29, 0.717) is 16.7 Å². The molecule has 4 aromatic rings. The fourth-order valence-electron chi connectivity index (χ4n) is 2.98. The van der Waals surface area contributed by atoms with E-state index in [9.17, 15) is 4.39 Å². The van der Waals surface area contributed by atoms with E-state index >= 15 is 0 Å². The van der Waals surface area contributed by atoms with Gasteiger partial charge in [0.2, 0.25) is 0 Å². The minimum atomic E-state index is -0.348. The van der Waals surface area contributed by atoms with Crippen LogP contribution < -0.4 is 5.73 Å². The zero-order valence-corrected chi connectivity index (χ0v) is 12.0. The number of nitrogens with zero attached hydrogens (tertiary/aromatic N) is 1. The first-order valence-corrected chi connectivity index (χ1v) is 7.07. The first-order valence-electron chi connectivity index (χ1n) is 7.07. The Hall–Kier alpha value is -2.88. The second kappa shape index (κ2) is 4.56. The van der Waals surface area contributed by atoms with Gasteiger partial charge in [-0.25, -0.2) is 4.39 Å². The highest BCUT2D eigenvalue weighted by Crippen LogP contribution is 2.34. The van der Waals surface area contributed by atoms with Crippen LogP contribution in [0.4, 0.5) is 10.2 Å². The maximum absolute atomic E-state index is 13.9.